The zero-order valence-corrected chi connectivity index (χ0v) is 12.8. The number of rotatable bonds is 1. The lowest BCUT2D eigenvalue weighted by Crippen LogP contribution is -2.03. The maximum absolute atomic E-state index is 12.1. The number of fused-ring (bicyclic) bond motifs is 2. The smallest absolute Gasteiger partial charge is 0.256 e. The number of benzene rings is 2. The van der Waals surface area contributed by atoms with Crippen molar-refractivity contribution in [2.24, 2.45) is 4.99 Å². The van der Waals surface area contributed by atoms with Crippen LogP contribution < -0.4 is 5.32 Å². The summed E-state index contributed by atoms with van der Waals surface area (Å²) in [5.74, 6) is -0.0461. The number of anilines is 1. The van der Waals surface area contributed by atoms with Gasteiger partial charge in [-0.3, -0.25) is 9.79 Å². The van der Waals surface area contributed by atoms with E-state index in [0.717, 1.165) is 28.9 Å². The fourth-order valence-corrected chi connectivity index (χ4v) is 2.65. The highest BCUT2D eigenvalue weighted by Gasteiger charge is 2.23. The Kier molecular flexibility index (Phi) is 3.88. The number of hydrogen-bond donors (Lipinski definition) is 1. The van der Waals surface area contributed by atoms with Gasteiger partial charge < -0.3 is 5.32 Å². The van der Waals surface area contributed by atoms with Crippen LogP contribution in [0.3, 0.4) is 0 Å². The van der Waals surface area contributed by atoms with Crippen molar-refractivity contribution >= 4 is 35.1 Å². The third kappa shape index (κ3) is 2.46. The molecule has 2 aromatic rings. The first-order chi connectivity index (χ1) is 10.8. The Morgan fingerprint density at radius 1 is 1.14 bits per heavy atom. The van der Waals surface area contributed by atoms with Crippen molar-refractivity contribution in [1.29, 1.82) is 0 Å². The van der Waals surface area contributed by atoms with E-state index in [0.29, 0.717) is 5.57 Å². The number of para-hydroxylation sites is 1. The van der Waals surface area contributed by atoms with E-state index in [4.69, 9.17) is 0 Å². The van der Waals surface area contributed by atoms with Gasteiger partial charge in [0, 0.05) is 29.5 Å². The van der Waals surface area contributed by atoms with Gasteiger partial charge in [0.1, 0.15) is 0 Å². The lowest BCUT2D eigenvalue weighted by molar-refractivity contribution is -0.110. The van der Waals surface area contributed by atoms with Crippen molar-refractivity contribution < 1.29 is 4.79 Å². The topological polar surface area (TPSA) is 41.5 Å². The highest BCUT2D eigenvalue weighted by atomic mass is 16.2. The van der Waals surface area contributed by atoms with Crippen LogP contribution in [0.15, 0.2) is 47.5 Å². The van der Waals surface area contributed by atoms with Gasteiger partial charge in [0.2, 0.25) is 0 Å². The minimum atomic E-state index is -0.0461. The maximum Gasteiger partial charge on any atom is 0.256 e. The summed E-state index contributed by atoms with van der Waals surface area (Å²) < 4.78 is 0. The van der Waals surface area contributed by atoms with Crippen LogP contribution in [0, 0.1) is 0 Å². The summed E-state index contributed by atoms with van der Waals surface area (Å²) in [6.07, 6.45) is 4.74. The molecule has 0 atom stereocenters. The van der Waals surface area contributed by atoms with E-state index < -0.39 is 0 Å². The third-order valence-corrected chi connectivity index (χ3v) is 3.67. The predicted molar refractivity (Wildman–Crippen MR) is 92.6 cm³/mol. The molecule has 0 aromatic heterocycles. The van der Waals surface area contributed by atoms with Crippen LogP contribution in [-0.4, -0.2) is 12.1 Å². The zero-order valence-electron chi connectivity index (χ0n) is 12.8. The number of carbonyl (C=O) groups is 1. The van der Waals surface area contributed by atoms with E-state index in [1.165, 1.54) is 5.56 Å². The molecule has 0 unspecified atom stereocenters. The lowest BCUT2D eigenvalue weighted by atomic mass is 10.0. The first-order valence-electron chi connectivity index (χ1n) is 7.59. The number of nitrogens with one attached hydrogen (secondary N) is 1. The summed E-state index contributed by atoms with van der Waals surface area (Å²) in [4.78, 5) is 16.4. The SMILES string of the molecule is CC.O=C1Nc2ccccc2C1=Cc1ccc2c(c1)N=CC2. The van der Waals surface area contributed by atoms with Crippen LogP contribution in [-0.2, 0) is 11.2 Å². The molecule has 2 heterocycles. The van der Waals surface area contributed by atoms with Crippen LogP contribution in [0.2, 0.25) is 0 Å². The molecule has 0 saturated carbocycles. The van der Waals surface area contributed by atoms with Gasteiger partial charge in [-0.25, -0.2) is 0 Å². The summed E-state index contributed by atoms with van der Waals surface area (Å²) in [5, 5.41) is 2.88. The molecule has 0 radical (unpaired) electrons. The molecule has 22 heavy (non-hydrogen) atoms. The van der Waals surface area contributed by atoms with E-state index in [1.807, 2.05) is 62.5 Å². The molecular formula is C19H18N2O. The van der Waals surface area contributed by atoms with Crippen molar-refractivity contribution in [2.45, 2.75) is 20.3 Å². The molecule has 0 saturated heterocycles. The van der Waals surface area contributed by atoms with E-state index >= 15 is 0 Å². The first kappa shape index (κ1) is 14.3. The molecule has 2 aliphatic heterocycles. The molecule has 1 amide bonds. The summed E-state index contributed by atoms with van der Waals surface area (Å²) in [6.45, 7) is 4.00. The van der Waals surface area contributed by atoms with Gasteiger partial charge in [0.25, 0.3) is 5.91 Å². The van der Waals surface area contributed by atoms with E-state index in [1.54, 1.807) is 0 Å². The van der Waals surface area contributed by atoms with Crippen molar-refractivity contribution in [3.8, 4) is 0 Å². The Hall–Kier alpha value is -2.68. The Labute approximate surface area is 130 Å². The maximum atomic E-state index is 12.1. The molecule has 2 aromatic carbocycles. The van der Waals surface area contributed by atoms with Gasteiger partial charge >= 0.3 is 0 Å². The number of carbonyl (C=O) groups excluding carboxylic acids is 1. The molecule has 0 bridgehead atoms. The van der Waals surface area contributed by atoms with E-state index in [2.05, 4.69) is 16.4 Å². The molecule has 3 nitrogen and oxygen atoms in total. The van der Waals surface area contributed by atoms with Gasteiger partial charge in [-0.05, 0) is 29.3 Å². The molecule has 4 rings (SSSR count). The minimum absolute atomic E-state index is 0.0461. The van der Waals surface area contributed by atoms with Gasteiger partial charge in [0.15, 0.2) is 0 Å². The number of nitrogens with zero attached hydrogens (tertiary/aromatic N) is 1. The Morgan fingerprint density at radius 2 is 1.95 bits per heavy atom. The first-order valence-corrected chi connectivity index (χ1v) is 7.59. The fraction of sp³-hybridized carbons (Fsp3) is 0.158. The van der Waals surface area contributed by atoms with Crippen LogP contribution in [0.4, 0.5) is 11.4 Å². The van der Waals surface area contributed by atoms with Crippen molar-refractivity contribution in [2.75, 3.05) is 5.32 Å². The quantitative estimate of drug-likeness (QED) is 0.774. The Morgan fingerprint density at radius 3 is 2.82 bits per heavy atom. The van der Waals surface area contributed by atoms with Crippen molar-refractivity contribution in [3.05, 3.63) is 59.2 Å². The van der Waals surface area contributed by atoms with Crippen molar-refractivity contribution in [1.82, 2.24) is 0 Å². The average Bonchev–Trinajstić information content (AvgIpc) is 3.14. The lowest BCUT2D eigenvalue weighted by Gasteiger charge is -2.01. The summed E-state index contributed by atoms with van der Waals surface area (Å²) in [6, 6.07) is 13.9. The second-order valence-corrected chi connectivity index (χ2v) is 4.96. The molecule has 3 heteroatoms. The zero-order chi connectivity index (χ0) is 15.5. The fourth-order valence-electron chi connectivity index (χ4n) is 2.65. The second-order valence-electron chi connectivity index (χ2n) is 4.96. The van der Waals surface area contributed by atoms with Crippen LogP contribution >= 0.6 is 0 Å². The monoisotopic (exact) mass is 290 g/mol. The predicted octanol–water partition coefficient (Wildman–Crippen LogP) is 4.46. The van der Waals surface area contributed by atoms with E-state index in [-0.39, 0.29) is 5.91 Å². The van der Waals surface area contributed by atoms with Crippen LogP contribution in [0.5, 0.6) is 0 Å². The van der Waals surface area contributed by atoms with Crippen LogP contribution in [0.25, 0.3) is 11.6 Å². The van der Waals surface area contributed by atoms with Gasteiger partial charge in [-0.15, -0.1) is 0 Å². The molecule has 2 aliphatic rings. The summed E-state index contributed by atoms with van der Waals surface area (Å²) >= 11 is 0. The summed E-state index contributed by atoms with van der Waals surface area (Å²) in [7, 11) is 0. The number of amides is 1. The highest BCUT2D eigenvalue weighted by Crippen LogP contribution is 2.33. The molecule has 0 aliphatic carbocycles. The average molecular weight is 290 g/mol. The minimum Gasteiger partial charge on any atom is -0.321 e. The third-order valence-electron chi connectivity index (χ3n) is 3.67. The number of hydrogen-bond acceptors (Lipinski definition) is 2. The van der Waals surface area contributed by atoms with Crippen molar-refractivity contribution in [3.63, 3.8) is 0 Å². The van der Waals surface area contributed by atoms with Gasteiger partial charge in [-0.2, -0.15) is 0 Å². The summed E-state index contributed by atoms with van der Waals surface area (Å²) in [5.41, 5.74) is 5.80. The highest BCUT2D eigenvalue weighted by molar-refractivity contribution is 6.34. The normalized spacial score (nSPS) is 15.9. The Balaban J connectivity index is 0.000000693. The molecule has 110 valence electrons. The standard InChI is InChI=1S/C17H12N2O.C2H6/c20-17-14(13-3-1-2-4-15(13)19-17)9-11-5-6-12-7-8-18-16(12)10-11;1-2/h1-6,8-10H,7H2,(H,19,20);1-2H3. The molecular weight excluding hydrogens is 272 g/mol. The molecule has 0 spiro atoms. The Bertz CT molecular complexity index is 788. The largest absolute Gasteiger partial charge is 0.321 e. The van der Waals surface area contributed by atoms with Gasteiger partial charge in [-0.1, -0.05) is 44.2 Å². The van der Waals surface area contributed by atoms with E-state index in [9.17, 15) is 4.79 Å². The van der Waals surface area contributed by atoms with Crippen LogP contribution in [0.1, 0.15) is 30.5 Å². The molecule has 1 N–H and O–H groups in total. The molecule has 0 fully saturated rings. The number of aliphatic imine (C=N–C) groups is 1. The van der Waals surface area contributed by atoms with Gasteiger partial charge in [0.05, 0.1) is 5.69 Å². The second kappa shape index (κ2) is 5.98.